The summed E-state index contributed by atoms with van der Waals surface area (Å²) in [5.74, 6) is -0.294. The summed E-state index contributed by atoms with van der Waals surface area (Å²) in [6.45, 7) is 6.36. The van der Waals surface area contributed by atoms with E-state index >= 15 is 0 Å². The maximum Gasteiger partial charge on any atom is 0.350 e. The summed E-state index contributed by atoms with van der Waals surface area (Å²) < 4.78 is 16.1. The second-order valence-electron chi connectivity index (χ2n) is 7.88. The number of ether oxygens (including phenoxy) is 2. The molecule has 2 N–H and O–H groups in total. The Morgan fingerprint density at radius 3 is 2.66 bits per heavy atom. The zero-order valence-electron chi connectivity index (χ0n) is 19.5. The number of aromatic amines is 1. The first-order chi connectivity index (χ1) is 16.7. The molecular weight excluding hydrogens is 519 g/mol. The number of aromatic nitrogens is 4. The Hall–Kier alpha value is -2.67. The maximum atomic E-state index is 12.8. The first-order valence-electron chi connectivity index (χ1n) is 10.8. The number of aryl methyl sites for hydroxylation is 2. The van der Waals surface area contributed by atoms with E-state index in [1.54, 1.807) is 27.9 Å². The number of rotatable bonds is 7. The van der Waals surface area contributed by atoms with Crippen LogP contribution >= 0.6 is 34.5 Å². The highest BCUT2D eigenvalue weighted by Crippen LogP contribution is 2.35. The molecule has 1 saturated heterocycles. The fourth-order valence-corrected chi connectivity index (χ4v) is 5.18. The molecule has 188 valence electrons. The van der Waals surface area contributed by atoms with Crippen molar-refractivity contribution >= 4 is 51.5 Å². The summed E-state index contributed by atoms with van der Waals surface area (Å²) in [6.07, 6.45) is 0.223. The zero-order valence-corrected chi connectivity index (χ0v) is 21.8. The van der Waals surface area contributed by atoms with Crippen LogP contribution in [0.5, 0.6) is 0 Å². The molecule has 0 radical (unpaired) electrons. The van der Waals surface area contributed by atoms with E-state index in [4.69, 9.17) is 37.2 Å². The molecule has 0 unspecified atom stereocenters. The number of esters is 1. The van der Waals surface area contributed by atoms with Crippen molar-refractivity contribution in [2.45, 2.75) is 39.3 Å². The minimum Gasteiger partial charge on any atom is -0.462 e. The molecule has 3 aromatic heterocycles. The molecule has 0 aromatic carbocycles. The molecule has 0 saturated carbocycles. The van der Waals surface area contributed by atoms with Crippen molar-refractivity contribution in [3.63, 3.8) is 0 Å². The molecule has 14 heteroatoms. The quantitative estimate of drug-likeness (QED) is 0.428. The lowest BCUT2D eigenvalue weighted by molar-refractivity contribution is 0.0531. The average molecular weight is 543 g/mol. The molecule has 1 amide bonds. The topological polar surface area (TPSA) is 135 Å². The van der Waals surface area contributed by atoms with Crippen molar-refractivity contribution in [2.24, 2.45) is 0 Å². The summed E-state index contributed by atoms with van der Waals surface area (Å²) >= 11 is 13.5. The van der Waals surface area contributed by atoms with Gasteiger partial charge in [-0.2, -0.15) is 4.98 Å². The third kappa shape index (κ3) is 5.15. The van der Waals surface area contributed by atoms with Crippen molar-refractivity contribution in [3.05, 3.63) is 32.1 Å². The molecular formula is C21H24Cl2N6O5S. The van der Waals surface area contributed by atoms with Crippen LogP contribution < -0.4 is 10.2 Å². The smallest absolute Gasteiger partial charge is 0.350 e. The van der Waals surface area contributed by atoms with Crippen LogP contribution in [0, 0.1) is 13.8 Å². The van der Waals surface area contributed by atoms with E-state index in [0.717, 1.165) is 0 Å². The average Bonchev–Trinajstić information content (AvgIpc) is 3.54. The number of hydrogen-bond acceptors (Lipinski definition) is 10. The Bertz CT molecular complexity index is 1240. The molecule has 2 atom stereocenters. The minimum absolute atomic E-state index is 0.148. The predicted octanol–water partition coefficient (Wildman–Crippen LogP) is 3.65. The third-order valence-electron chi connectivity index (χ3n) is 5.54. The summed E-state index contributed by atoms with van der Waals surface area (Å²) in [6, 6.07) is -0.273. The van der Waals surface area contributed by atoms with Gasteiger partial charge < -0.3 is 29.2 Å². The van der Waals surface area contributed by atoms with Crippen LogP contribution in [-0.2, 0) is 9.47 Å². The number of H-pyrrole nitrogens is 1. The van der Waals surface area contributed by atoms with E-state index in [2.05, 4.69) is 25.4 Å². The summed E-state index contributed by atoms with van der Waals surface area (Å²) in [4.78, 5) is 39.4. The fraction of sp³-hybridized carbons (Fsp3) is 0.476. The molecule has 0 spiro atoms. The Morgan fingerprint density at radius 2 is 2.06 bits per heavy atom. The normalized spacial score (nSPS) is 18.1. The predicted molar refractivity (Wildman–Crippen MR) is 131 cm³/mol. The van der Waals surface area contributed by atoms with Gasteiger partial charge in [-0.15, -0.1) is 0 Å². The Labute approximate surface area is 215 Å². The SMILES string of the molecule is CCOC(=O)c1sc(N2CC[C@@H](NC(=O)c3[nH]c(C)c(Cl)c3Cl)[C@@H](OC)C2)nc1-c1nc(C)no1. The van der Waals surface area contributed by atoms with Gasteiger partial charge in [-0.1, -0.05) is 39.7 Å². The van der Waals surface area contributed by atoms with Crippen LogP contribution in [0.2, 0.25) is 10.0 Å². The number of anilines is 1. The molecule has 1 aliphatic heterocycles. The Kier molecular flexibility index (Phi) is 7.64. The first-order valence-corrected chi connectivity index (χ1v) is 12.4. The van der Waals surface area contributed by atoms with Crippen LogP contribution in [0.25, 0.3) is 11.6 Å². The highest BCUT2D eigenvalue weighted by Gasteiger charge is 2.34. The second-order valence-corrected chi connectivity index (χ2v) is 9.62. The van der Waals surface area contributed by atoms with Crippen molar-refractivity contribution in [1.82, 2.24) is 25.4 Å². The molecule has 11 nitrogen and oxygen atoms in total. The summed E-state index contributed by atoms with van der Waals surface area (Å²) in [7, 11) is 1.58. The van der Waals surface area contributed by atoms with Crippen molar-refractivity contribution < 1.29 is 23.6 Å². The highest BCUT2D eigenvalue weighted by atomic mass is 35.5. The highest BCUT2D eigenvalue weighted by molar-refractivity contribution is 7.17. The number of hydrogen-bond donors (Lipinski definition) is 2. The van der Waals surface area contributed by atoms with Gasteiger partial charge in [0.1, 0.15) is 10.6 Å². The lowest BCUT2D eigenvalue weighted by Crippen LogP contribution is -2.55. The Balaban J connectivity index is 1.53. The minimum atomic E-state index is -0.510. The van der Waals surface area contributed by atoms with Gasteiger partial charge in [-0.3, -0.25) is 4.79 Å². The number of amides is 1. The second kappa shape index (κ2) is 10.5. The van der Waals surface area contributed by atoms with E-state index in [9.17, 15) is 9.59 Å². The summed E-state index contributed by atoms with van der Waals surface area (Å²) in [5, 5.41) is 7.87. The van der Waals surface area contributed by atoms with Gasteiger partial charge in [0.25, 0.3) is 11.8 Å². The van der Waals surface area contributed by atoms with Crippen LogP contribution in [0.4, 0.5) is 5.13 Å². The van der Waals surface area contributed by atoms with Crippen LogP contribution in [0.3, 0.4) is 0 Å². The molecule has 35 heavy (non-hydrogen) atoms. The van der Waals surface area contributed by atoms with Crippen LogP contribution in [0.1, 0.15) is 45.0 Å². The van der Waals surface area contributed by atoms with Crippen LogP contribution in [-0.4, -0.2) is 70.9 Å². The number of nitrogens with zero attached hydrogens (tertiary/aromatic N) is 4. The molecule has 1 aliphatic rings. The monoisotopic (exact) mass is 542 g/mol. The number of nitrogens with one attached hydrogen (secondary N) is 2. The van der Waals surface area contributed by atoms with Crippen molar-refractivity contribution in [1.29, 1.82) is 0 Å². The number of carbonyl (C=O) groups is 2. The van der Waals surface area contributed by atoms with E-state index < -0.39 is 5.97 Å². The van der Waals surface area contributed by atoms with Gasteiger partial charge >= 0.3 is 5.97 Å². The molecule has 1 fully saturated rings. The van der Waals surface area contributed by atoms with E-state index in [0.29, 0.717) is 41.2 Å². The zero-order chi connectivity index (χ0) is 25.3. The van der Waals surface area contributed by atoms with Gasteiger partial charge in [0.15, 0.2) is 16.6 Å². The number of carbonyl (C=O) groups excluding carboxylic acids is 2. The number of thiazole rings is 1. The van der Waals surface area contributed by atoms with Crippen LogP contribution in [0.15, 0.2) is 4.52 Å². The van der Waals surface area contributed by atoms with Gasteiger partial charge in [0.05, 0.1) is 28.8 Å². The molecule has 4 heterocycles. The lowest BCUT2D eigenvalue weighted by atomic mass is 10.0. The maximum absolute atomic E-state index is 12.8. The first kappa shape index (κ1) is 25.4. The largest absolute Gasteiger partial charge is 0.462 e. The molecule has 4 rings (SSSR count). The lowest BCUT2D eigenvalue weighted by Gasteiger charge is -2.37. The summed E-state index contributed by atoms with van der Waals surface area (Å²) in [5.41, 5.74) is 1.11. The molecule has 0 bridgehead atoms. The van der Waals surface area contributed by atoms with E-state index in [1.165, 1.54) is 11.3 Å². The van der Waals surface area contributed by atoms with Gasteiger partial charge in [0.2, 0.25) is 0 Å². The van der Waals surface area contributed by atoms with E-state index in [1.807, 2.05) is 4.90 Å². The molecule has 3 aromatic rings. The Morgan fingerprint density at radius 1 is 1.29 bits per heavy atom. The number of methoxy groups -OCH3 is 1. The standard InChI is InChI=1S/C21H24Cl2N6O5S/c1-5-33-20(31)17-16(19-25-10(3)28-34-19)27-21(35-17)29-7-6-11(12(8-29)32-4)26-18(30)15-14(23)13(22)9(2)24-15/h11-12,24H,5-8H2,1-4H3,(H,26,30)/t11-,12+/m1/s1. The fourth-order valence-electron chi connectivity index (χ4n) is 3.78. The van der Waals surface area contributed by atoms with Gasteiger partial charge in [-0.05, 0) is 27.2 Å². The number of halogens is 2. The van der Waals surface area contributed by atoms with E-state index in [-0.39, 0.29) is 51.8 Å². The van der Waals surface area contributed by atoms with Crippen molar-refractivity contribution in [2.75, 3.05) is 31.7 Å². The third-order valence-corrected chi connectivity index (χ3v) is 7.58. The number of piperidine rings is 1. The molecule has 0 aliphatic carbocycles. The van der Waals surface area contributed by atoms with Gasteiger partial charge in [-0.25, -0.2) is 9.78 Å². The van der Waals surface area contributed by atoms with Gasteiger partial charge in [0, 0.05) is 25.9 Å². The van der Waals surface area contributed by atoms with Crippen molar-refractivity contribution in [3.8, 4) is 11.6 Å².